The maximum absolute atomic E-state index is 10.1. The third-order valence-corrected chi connectivity index (χ3v) is 1.28. The first-order valence-corrected chi connectivity index (χ1v) is 2.63. The molecule has 0 unspecified atom stereocenters. The Kier molecular flexibility index (Phi) is 2.95. The van der Waals surface area contributed by atoms with E-state index < -0.39 is 0 Å². The normalized spacial score (nSPS) is 13.4. The van der Waals surface area contributed by atoms with Crippen molar-refractivity contribution in [2.75, 3.05) is 0 Å². The van der Waals surface area contributed by atoms with E-state index in [2.05, 4.69) is 20.5 Å². The first kappa shape index (κ1) is 6.91. The number of amides is 1. The number of halogens is 1. The molecule has 0 saturated carbocycles. The van der Waals surface area contributed by atoms with E-state index in [1.807, 2.05) is 0 Å². The molecule has 0 rings (SSSR count). The Morgan fingerprint density at radius 2 is 2.43 bits per heavy atom. The Labute approximate surface area is 50.6 Å². The van der Waals surface area contributed by atoms with Crippen molar-refractivity contribution in [2.24, 2.45) is 5.73 Å². The largest absolute Gasteiger partial charge is 0.368 e. The Bertz CT molecular complexity index is 75.3. The molecule has 4 heteroatoms. The van der Waals surface area contributed by atoms with Crippen molar-refractivity contribution < 1.29 is 4.79 Å². The molecule has 0 aromatic heterocycles. The minimum absolute atomic E-state index is 0.292. The molecule has 0 aromatic rings. The second-order valence-electron chi connectivity index (χ2n) is 1.23. The van der Waals surface area contributed by atoms with E-state index in [0.29, 0.717) is 0 Å². The third kappa shape index (κ3) is 2.59. The van der Waals surface area contributed by atoms with Crippen LogP contribution in [0.15, 0.2) is 0 Å². The van der Waals surface area contributed by atoms with E-state index in [0.717, 1.165) is 0 Å². The maximum Gasteiger partial charge on any atom is 0.235 e. The molecule has 0 radical (unpaired) electrons. The molecule has 3 nitrogen and oxygen atoms in total. The summed E-state index contributed by atoms with van der Waals surface area (Å²) in [6.07, 6.45) is 0. The van der Waals surface area contributed by atoms with E-state index in [4.69, 9.17) is 5.73 Å². The van der Waals surface area contributed by atoms with Crippen LogP contribution in [0.1, 0.15) is 6.92 Å². The van der Waals surface area contributed by atoms with Gasteiger partial charge in [-0.25, -0.2) is 4.34 Å². The summed E-state index contributed by atoms with van der Waals surface area (Å²) in [5, 5.41) is 0. The summed E-state index contributed by atoms with van der Waals surface area (Å²) in [4.78, 5) is 10.1. The van der Waals surface area contributed by atoms with Crippen LogP contribution in [0.25, 0.3) is 0 Å². The van der Waals surface area contributed by atoms with Crippen LogP contribution in [-0.4, -0.2) is 11.9 Å². The third-order valence-electron chi connectivity index (χ3n) is 0.590. The molecule has 1 atom stereocenters. The van der Waals surface area contributed by atoms with E-state index in [1.54, 1.807) is 6.92 Å². The van der Waals surface area contributed by atoms with Crippen molar-refractivity contribution in [1.29, 1.82) is 0 Å². The van der Waals surface area contributed by atoms with Gasteiger partial charge < -0.3 is 5.73 Å². The minimum atomic E-state index is -0.364. The zero-order valence-electron chi connectivity index (χ0n) is 3.94. The van der Waals surface area contributed by atoms with Crippen LogP contribution in [0.4, 0.5) is 0 Å². The van der Waals surface area contributed by atoms with E-state index >= 15 is 0 Å². The van der Waals surface area contributed by atoms with Crippen molar-refractivity contribution in [2.45, 2.75) is 13.0 Å². The molecule has 0 bridgehead atoms. The van der Waals surface area contributed by atoms with Gasteiger partial charge in [-0.1, -0.05) is 0 Å². The number of primary amides is 1. The second kappa shape index (κ2) is 2.98. The quantitative estimate of drug-likeness (QED) is 0.557. The van der Waals surface area contributed by atoms with Gasteiger partial charge in [-0.15, -0.1) is 0 Å². The molecule has 0 saturated heterocycles. The van der Waals surface area contributed by atoms with Crippen molar-refractivity contribution in [3.8, 4) is 0 Å². The Balaban J connectivity index is 3.34. The van der Waals surface area contributed by atoms with Gasteiger partial charge in [-0.05, 0) is 6.92 Å². The summed E-state index contributed by atoms with van der Waals surface area (Å²) in [5.74, 6) is -0.364. The summed E-state index contributed by atoms with van der Waals surface area (Å²) in [6, 6.07) is -0.292. The van der Waals surface area contributed by atoms with Crippen molar-refractivity contribution >= 4 is 22.1 Å². The van der Waals surface area contributed by atoms with Gasteiger partial charge in [0.2, 0.25) is 5.91 Å². The van der Waals surface area contributed by atoms with Gasteiger partial charge in [0.1, 0.15) is 0 Å². The molecule has 7 heavy (non-hydrogen) atoms. The fourth-order valence-corrected chi connectivity index (χ4v) is 0.279. The summed E-state index contributed by atoms with van der Waals surface area (Å²) < 4.78 is 2.50. The number of hydrogen-bond donors (Lipinski definition) is 2. The summed E-state index contributed by atoms with van der Waals surface area (Å²) in [5.41, 5.74) is 4.82. The number of nitrogens with one attached hydrogen (secondary N) is 1. The van der Waals surface area contributed by atoms with Crippen LogP contribution < -0.4 is 10.1 Å². The molecule has 1 amide bonds. The summed E-state index contributed by atoms with van der Waals surface area (Å²) in [7, 11) is 0. The van der Waals surface area contributed by atoms with Gasteiger partial charge in [0.05, 0.1) is 6.04 Å². The van der Waals surface area contributed by atoms with Crippen LogP contribution in [-0.2, 0) is 4.79 Å². The van der Waals surface area contributed by atoms with Gasteiger partial charge in [0.15, 0.2) is 0 Å². The first-order valence-electron chi connectivity index (χ1n) is 1.84. The van der Waals surface area contributed by atoms with Gasteiger partial charge in [0, 0.05) is 16.1 Å². The maximum atomic E-state index is 10.1. The molecule has 0 fully saturated rings. The molecule has 3 N–H and O–H groups in total. The molecule has 0 aromatic carbocycles. The monoisotopic (exact) mass is 166 g/mol. The molecule has 42 valence electrons. The Hall–Kier alpha value is -0.0900. The minimum Gasteiger partial charge on any atom is -0.368 e. The second-order valence-corrected chi connectivity index (χ2v) is 1.69. The molecule has 0 aliphatic carbocycles. The van der Waals surface area contributed by atoms with E-state index in [1.165, 1.54) is 0 Å². The topological polar surface area (TPSA) is 55.1 Å². The smallest absolute Gasteiger partial charge is 0.235 e. The molecular formula is C3H7BrN2O. The van der Waals surface area contributed by atoms with Gasteiger partial charge >= 0.3 is 0 Å². The average Bonchev–Trinajstić information content (AvgIpc) is 1.65. The lowest BCUT2D eigenvalue weighted by atomic mass is 10.4. The molecule has 0 aliphatic rings. The Morgan fingerprint density at radius 3 is 2.43 bits per heavy atom. The first-order chi connectivity index (χ1) is 3.18. The van der Waals surface area contributed by atoms with Crippen LogP contribution in [0.2, 0.25) is 0 Å². The van der Waals surface area contributed by atoms with Crippen LogP contribution >= 0.6 is 16.1 Å². The molecular weight excluding hydrogens is 160 g/mol. The fraction of sp³-hybridized carbons (Fsp3) is 0.667. The van der Waals surface area contributed by atoms with Gasteiger partial charge in [0.25, 0.3) is 0 Å². The molecule has 0 spiro atoms. The van der Waals surface area contributed by atoms with E-state index in [9.17, 15) is 4.79 Å². The van der Waals surface area contributed by atoms with E-state index in [-0.39, 0.29) is 11.9 Å². The lowest BCUT2D eigenvalue weighted by Gasteiger charge is -1.99. The number of carbonyl (C=O) groups is 1. The predicted molar refractivity (Wildman–Crippen MR) is 30.7 cm³/mol. The highest BCUT2D eigenvalue weighted by molar-refractivity contribution is 9.08. The lowest BCUT2D eigenvalue weighted by molar-refractivity contribution is -0.119. The van der Waals surface area contributed by atoms with Crippen molar-refractivity contribution in [3.63, 3.8) is 0 Å². The number of nitrogens with two attached hydrogens (primary N) is 1. The predicted octanol–water partition coefficient (Wildman–Crippen LogP) is -0.240. The Morgan fingerprint density at radius 1 is 2.00 bits per heavy atom. The fourth-order valence-electron chi connectivity index (χ4n) is 0.0538. The average molecular weight is 167 g/mol. The summed E-state index contributed by atoms with van der Waals surface area (Å²) >= 11 is 2.86. The molecule has 0 heterocycles. The van der Waals surface area contributed by atoms with Crippen molar-refractivity contribution in [3.05, 3.63) is 0 Å². The standard InChI is InChI=1S/C3H7BrN2O/c1-2(6-4)3(5)7/h2,6H,1H3,(H2,5,7)/t2-/m0/s1. The zero-order valence-corrected chi connectivity index (χ0v) is 5.53. The highest BCUT2D eigenvalue weighted by Gasteiger charge is 2.02. The number of rotatable bonds is 2. The van der Waals surface area contributed by atoms with Crippen LogP contribution in [0.3, 0.4) is 0 Å². The van der Waals surface area contributed by atoms with Crippen LogP contribution in [0, 0.1) is 0 Å². The number of carbonyl (C=O) groups excluding carboxylic acids is 1. The highest BCUT2D eigenvalue weighted by atomic mass is 79.9. The van der Waals surface area contributed by atoms with Crippen molar-refractivity contribution in [1.82, 2.24) is 4.34 Å². The SMILES string of the molecule is C[C@H](NBr)C(N)=O. The zero-order chi connectivity index (χ0) is 5.86. The highest BCUT2D eigenvalue weighted by Crippen LogP contribution is 1.79. The van der Waals surface area contributed by atoms with Crippen LogP contribution in [0.5, 0.6) is 0 Å². The van der Waals surface area contributed by atoms with Gasteiger partial charge in [-0.3, -0.25) is 4.79 Å². The number of hydrogen-bond acceptors (Lipinski definition) is 2. The summed E-state index contributed by atoms with van der Waals surface area (Å²) in [6.45, 7) is 1.66. The lowest BCUT2D eigenvalue weighted by Crippen LogP contribution is -2.33. The molecule has 0 aliphatic heterocycles. The van der Waals surface area contributed by atoms with Gasteiger partial charge in [-0.2, -0.15) is 0 Å².